The number of hydrogen-bond acceptors (Lipinski definition) is 19. The second-order valence-corrected chi connectivity index (χ2v) is 12.6. The van der Waals surface area contributed by atoms with Crippen LogP contribution in [0.25, 0.3) is 0 Å². The number of methoxy groups -OCH3 is 1. The molecule has 23 heteroatoms. The van der Waals surface area contributed by atoms with Crippen molar-refractivity contribution in [2.75, 3.05) is 26.9 Å². The van der Waals surface area contributed by atoms with Gasteiger partial charge in [0.15, 0.2) is 24.0 Å². The van der Waals surface area contributed by atoms with Crippen LogP contribution >= 0.6 is 0 Å². The number of aromatic nitrogens is 4. The van der Waals surface area contributed by atoms with Gasteiger partial charge in [-0.1, -0.05) is 6.08 Å². The van der Waals surface area contributed by atoms with Gasteiger partial charge < -0.3 is 65.5 Å². The molecular formula is C31H43N5O18. The van der Waals surface area contributed by atoms with Crippen LogP contribution in [0.3, 0.4) is 0 Å². The van der Waals surface area contributed by atoms with Crippen molar-refractivity contribution in [2.45, 2.75) is 92.9 Å². The van der Waals surface area contributed by atoms with E-state index in [1.54, 1.807) is 0 Å². The lowest BCUT2D eigenvalue weighted by molar-refractivity contribution is -0.128. The van der Waals surface area contributed by atoms with E-state index in [-0.39, 0.29) is 17.6 Å². The number of nitrogens with zero attached hydrogens (tertiary/aromatic N) is 2. The summed E-state index contributed by atoms with van der Waals surface area (Å²) in [4.78, 5) is 72.6. The first-order valence-corrected chi connectivity index (χ1v) is 16.4. The number of ketones is 2. The molecule has 23 nitrogen and oxygen atoms in total. The number of hydrogen-bond donors (Lipinski definition) is 11. The monoisotopic (exact) mass is 773 g/mol. The van der Waals surface area contributed by atoms with Crippen molar-refractivity contribution in [3.63, 3.8) is 0 Å². The summed E-state index contributed by atoms with van der Waals surface area (Å²) < 4.78 is 22.9. The summed E-state index contributed by atoms with van der Waals surface area (Å²) in [6.45, 7) is 0.151. The van der Waals surface area contributed by atoms with E-state index in [2.05, 4.69) is 9.97 Å². The Balaban J connectivity index is 0.000000180. The van der Waals surface area contributed by atoms with Gasteiger partial charge in [0.2, 0.25) is 0 Å². The van der Waals surface area contributed by atoms with Gasteiger partial charge >= 0.3 is 11.4 Å². The summed E-state index contributed by atoms with van der Waals surface area (Å²) in [5.41, 5.74) is 3.33. The number of aliphatic hydroxyl groups is 8. The molecule has 54 heavy (non-hydrogen) atoms. The molecule has 0 spiro atoms. The molecule has 3 fully saturated rings. The van der Waals surface area contributed by atoms with Crippen LogP contribution in [0.4, 0.5) is 0 Å². The van der Waals surface area contributed by atoms with Crippen molar-refractivity contribution in [1.29, 1.82) is 0 Å². The summed E-state index contributed by atoms with van der Waals surface area (Å²) in [6, 6.07) is -0.0815. The van der Waals surface area contributed by atoms with Crippen molar-refractivity contribution >= 4 is 11.6 Å². The molecular weight excluding hydrogens is 730 g/mol. The van der Waals surface area contributed by atoms with Gasteiger partial charge in [-0.05, 0) is 6.92 Å². The van der Waals surface area contributed by atoms with Crippen LogP contribution in [-0.4, -0.2) is 166 Å². The molecule has 13 atom stereocenters. The fourth-order valence-electron chi connectivity index (χ4n) is 6.04. The van der Waals surface area contributed by atoms with Crippen molar-refractivity contribution in [3.05, 3.63) is 77.3 Å². The summed E-state index contributed by atoms with van der Waals surface area (Å²) in [6.07, 6.45) is -9.10. The van der Waals surface area contributed by atoms with Crippen LogP contribution in [0.5, 0.6) is 0 Å². The number of Topliss-reactive ketones (excluding diaryl/α,β-unsaturated/α-hetero) is 2. The summed E-state index contributed by atoms with van der Waals surface area (Å²) >= 11 is 0. The number of allylic oxidation sites excluding steroid dienone is 1. The van der Waals surface area contributed by atoms with Crippen LogP contribution in [0, 0.1) is 6.92 Å². The third-order valence-corrected chi connectivity index (χ3v) is 9.11. The normalized spacial score (nSPS) is 34.9. The molecule has 3 aliphatic heterocycles. The molecule has 2 aromatic rings. The Kier molecular flexibility index (Phi) is 14.2. The standard InChI is InChI=1S/C11H15NO6.2C10H14N2O6/c12-7-5(14)2-1-4(8(7)15)11-10(17)9(16)6(3-13)18-11;1-4-2-12(10(17)11-8(4)16)9-7(15)6(14)5(3-13)18-9;1-17-8-7(15)5(4-13)18-9(8)12-3-2-6(14)11-10(12)16/h1,6-7,9-11,13,16-17H,2-3,12H2;2,5-7,9,13-15H,3H2,1H3,(H,11,16,17);2-3,5,7-9,13,15H,4H2,1H3,(H,11,14,16)/t6-,7?,9+,10?,11+;5-,6+,7?,9-;5-,7+,8?,9-/m111/s1. The van der Waals surface area contributed by atoms with Crippen molar-refractivity contribution in [2.24, 2.45) is 5.73 Å². The van der Waals surface area contributed by atoms with E-state index in [0.29, 0.717) is 0 Å². The minimum absolute atomic E-state index is 0.00525. The van der Waals surface area contributed by atoms with Crippen LogP contribution in [0.2, 0.25) is 0 Å². The fourth-order valence-corrected chi connectivity index (χ4v) is 6.04. The Bertz CT molecular complexity index is 1910. The smallest absolute Gasteiger partial charge is 0.330 e. The number of nitrogens with one attached hydrogen (secondary N) is 2. The highest BCUT2D eigenvalue weighted by Crippen LogP contribution is 2.31. The zero-order valence-electron chi connectivity index (χ0n) is 28.8. The summed E-state index contributed by atoms with van der Waals surface area (Å²) in [5, 5.41) is 75.5. The molecule has 4 aliphatic rings. The number of aromatic amines is 2. The molecule has 0 aromatic carbocycles. The highest BCUT2D eigenvalue weighted by atomic mass is 16.6. The van der Waals surface area contributed by atoms with Gasteiger partial charge in [-0.15, -0.1) is 0 Å². The van der Waals surface area contributed by atoms with E-state index in [1.807, 2.05) is 0 Å². The van der Waals surface area contributed by atoms with E-state index in [1.165, 1.54) is 32.5 Å². The van der Waals surface area contributed by atoms with Crippen LogP contribution in [-0.2, 0) is 28.5 Å². The maximum atomic E-state index is 11.8. The Morgan fingerprint density at radius 2 is 1.33 bits per heavy atom. The summed E-state index contributed by atoms with van der Waals surface area (Å²) in [5.74, 6) is -1.00. The molecule has 0 bridgehead atoms. The molecule has 300 valence electrons. The number of aliphatic hydroxyl groups excluding tert-OH is 8. The second-order valence-electron chi connectivity index (χ2n) is 12.6. The predicted octanol–water partition coefficient (Wildman–Crippen LogP) is -7.48. The third kappa shape index (κ3) is 8.73. The lowest BCUT2D eigenvalue weighted by Gasteiger charge is -2.23. The molecule has 0 amide bonds. The topological polar surface area (TPSA) is 369 Å². The van der Waals surface area contributed by atoms with E-state index in [4.69, 9.17) is 40.0 Å². The Labute approximate surface area is 303 Å². The predicted molar refractivity (Wildman–Crippen MR) is 177 cm³/mol. The van der Waals surface area contributed by atoms with Gasteiger partial charge in [-0.3, -0.25) is 38.3 Å². The van der Waals surface area contributed by atoms with Gasteiger partial charge in [0.1, 0.15) is 67.1 Å². The fraction of sp³-hybridized carbons (Fsp3) is 0.613. The molecule has 0 saturated carbocycles. The molecule has 3 saturated heterocycles. The van der Waals surface area contributed by atoms with Gasteiger partial charge in [-0.25, -0.2) is 9.59 Å². The molecule has 12 N–H and O–H groups in total. The van der Waals surface area contributed by atoms with Crippen LogP contribution in [0.15, 0.2) is 49.3 Å². The Morgan fingerprint density at radius 1 is 0.778 bits per heavy atom. The quantitative estimate of drug-likeness (QED) is 0.116. The van der Waals surface area contributed by atoms with Gasteiger partial charge in [0, 0.05) is 43.1 Å². The molecule has 1 aliphatic carbocycles. The molecule has 6 rings (SSSR count). The zero-order valence-corrected chi connectivity index (χ0v) is 28.8. The van der Waals surface area contributed by atoms with Gasteiger partial charge in [0.25, 0.3) is 11.1 Å². The number of carbonyl (C=O) groups is 2. The van der Waals surface area contributed by atoms with Crippen LogP contribution in [0.1, 0.15) is 24.4 Å². The first kappa shape index (κ1) is 42.7. The molecule has 2 aromatic heterocycles. The minimum Gasteiger partial charge on any atom is -0.394 e. The van der Waals surface area contributed by atoms with E-state index in [9.17, 15) is 54.3 Å². The minimum atomic E-state index is -1.36. The number of nitrogens with two attached hydrogens (primary N) is 1. The molecule has 5 heterocycles. The van der Waals surface area contributed by atoms with E-state index < -0.39 is 133 Å². The number of ether oxygens (including phenoxy) is 4. The average molecular weight is 774 g/mol. The van der Waals surface area contributed by atoms with Crippen molar-refractivity contribution in [3.8, 4) is 0 Å². The van der Waals surface area contributed by atoms with Crippen LogP contribution < -0.4 is 28.2 Å². The number of carbonyl (C=O) groups excluding carboxylic acids is 2. The zero-order chi connectivity index (χ0) is 40.2. The maximum Gasteiger partial charge on any atom is 0.330 e. The Hall–Kier alpha value is -4.08. The van der Waals surface area contributed by atoms with Gasteiger partial charge in [-0.2, -0.15) is 0 Å². The second kappa shape index (κ2) is 18.0. The Morgan fingerprint density at radius 3 is 1.89 bits per heavy atom. The average Bonchev–Trinajstić information content (AvgIpc) is 3.73. The van der Waals surface area contributed by atoms with Crippen molar-refractivity contribution in [1.82, 2.24) is 19.1 Å². The van der Waals surface area contributed by atoms with Crippen molar-refractivity contribution < 1.29 is 69.4 Å². The highest BCUT2D eigenvalue weighted by Gasteiger charge is 2.48. The van der Waals surface area contributed by atoms with E-state index in [0.717, 1.165) is 15.2 Å². The number of rotatable bonds is 7. The largest absolute Gasteiger partial charge is 0.394 e. The first-order chi connectivity index (χ1) is 25.5. The lowest BCUT2D eigenvalue weighted by atomic mass is 9.87. The molecule has 0 radical (unpaired) electrons. The maximum absolute atomic E-state index is 11.8. The SMILES string of the molecule is COC1[C@@H](O)[C@@H](CO)O[C@H]1n1ccc(=O)[nH]c1=O.Cc1cn([C@@H]2O[C@H](CO)[C@H](O)C2O)c(=O)[nH]c1=O.NC1C(=O)CC=C([C@@H]2O[C@H](CO)[C@H](O)C2O)C1=O. The highest BCUT2D eigenvalue weighted by molar-refractivity contribution is 6.17. The number of H-pyrrole nitrogens is 2. The van der Waals surface area contributed by atoms with Gasteiger partial charge in [0.05, 0.1) is 19.8 Å². The number of aryl methyl sites for hydroxylation is 1. The summed E-state index contributed by atoms with van der Waals surface area (Å²) in [7, 11) is 1.36. The third-order valence-electron chi connectivity index (χ3n) is 9.11. The lowest BCUT2D eigenvalue weighted by Crippen LogP contribution is -2.46. The van der Waals surface area contributed by atoms with E-state index >= 15 is 0 Å². The molecule has 4 unspecified atom stereocenters. The first-order valence-electron chi connectivity index (χ1n) is 16.4.